The van der Waals surface area contributed by atoms with E-state index in [4.69, 9.17) is 16.3 Å². The zero-order valence-electron chi connectivity index (χ0n) is 14.7. The number of aromatic nitrogens is 1. The van der Waals surface area contributed by atoms with Crippen LogP contribution in [0, 0.1) is 17.3 Å². The summed E-state index contributed by atoms with van der Waals surface area (Å²) in [7, 11) is 0. The van der Waals surface area contributed by atoms with Crippen molar-refractivity contribution >= 4 is 74.5 Å². The fourth-order valence-corrected chi connectivity index (χ4v) is 4.67. The van der Waals surface area contributed by atoms with Crippen molar-refractivity contribution in [3.63, 3.8) is 0 Å². The molecule has 0 aliphatic rings. The number of ether oxygens (including phenoxy) is 1. The molecule has 7 nitrogen and oxygen atoms in total. The number of rotatable bonds is 7. The number of anilines is 1. The molecule has 0 fully saturated rings. The molecule has 0 spiro atoms. The smallest absolute Gasteiger partial charge is 0.313 e. The Morgan fingerprint density at radius 1 is 1.21 bits per heavy atom. The number of nitrogens with zero attached hydrogens (tertiary/aromatic N) is 3. The molecule has 1 heterocycles. The molecule has 10 heteroatoms. The van der Waals surface area contributed by atoms with Crippen LogP contribution in [0.4, 0.5) is 11.5 Å². The maximum absolute atomic E-state index is 11.0. The molecule has 0 unspecified atom stereocenters. The Morgan fingerprint density at radius 2 is 1.93 bits per heavy atom. The molecule has 0 radical (unpaired) electrons. The Morgan fingerprint density at radius 3 is 2.62 bits per heavy atom. The molecular formula is C19H13ClI2N4O3. The molecule has 2 aromatic carbocycles. The van der Waals surface area contributed by atoms with E-state index in [0.29, 0.717) is 11.6 Å². The van der Waals surface area contributed by atoms with Crippen molar-refractivity contribution in [3.8, 4) is 5.75 Å². The van der Waals surface area contributed by atoms with Crippen LogP contribution in [0.3, 0.4) is 0 Å². The number of halogens is 3. The summed E-state index contributed by atoms with van der Waals surface area (Å²) in [6.07, 6.45) is 3.03. The Labute approximate surface area is 199 Å². The molecule has 3 aromatic rings. The average Bonchev–Trinajstić information content (AvgIpc) is 2.69. The molecule has 0 aliphatic carbocycles. The van der Waals surface area contributed by atoms with E-state index in [-0.39, 0.29) is 11.5 Å². The first-order valence-electron chi connectivity index (χ1n) is 8.19. The van der Waals surface area contributed by atoms with Gasteiger partial charge in [-0.2, -0.15) is 5.10 Å². The van der Waals surface area contributed by atoms with Gasteiger partial charge in [-0.1, -0.05) is 29.8 Å². The van der Waals surface area contributed by atoms with Gasteiger partial charge in [-0.3, -0.25) is 15.5 Å². The predicted molar refractivity (Wildman–Crippen MR) is 130 cm³/mol. The first kappa shape index (κ1) is 21.7. The lowest BCUT2D eigenvalue weighted by atomic mass is 10.2. The van der Waals surface area contributed by atoms with E-state index in [1.54, 1.807) is 6.21 Å². The van der Waals surface area contributed by atoms with Gasteiger partial charge in [-0.25, -0.2) is 4.98 Å². The molecule has 148 valence electrons. The van der Waals surface area contributed by atoms with Crippen molar-refractivity contribution < 1.29 is 9.66 Å². The van der Waals surface area contributed by atoms with Crippen LogP contribution in [0.1, 0.15) is 11.1 Å². The lowest BCUT2D eigenvalue weighted by molar-refractivity contribution is -0.384. The molecule has 0 bridgehead atoms. The highest BCUT2D eigenvalue weighted by atomic mass is 127. The highest BCUT2D eigenvalue weighted by Crippen LogP contribution is 2.30. The molecule has 3 rings (SSSR count). The summed E-state index contributed by atoms with van der Waals surface area (Å²) in [5.74, 6) is 0.842. The van der Waals surface area contributed by atoms with Crippen molar-refractivity contribution in [2.75, 3.05) is 5.43 Å². The normalized spacial score (nSPS) is 10.9. The Kier molecular flexibility index (Phi) is 7.61. The van der Waals surface area contributed by atoms with Gasteiger partial charge in [0, 0.05) is 22.8 Å². The predicted octanol–water partition coefficient (Wildman–Crippen LogP) is 5.88. The van der Waals surface area contributed by atoms with Crippen LogP contribution in [-0.2, 0) is 6.61 Å². The summed E-state index contributed by atoms with van der Waals surface area (Å²) in [4.78, 5) is 14.4. The second-order valence-electron chi connectivity index (χ2n) is 5.69. The van der Waals surface area contributed by atoms with Crippen LogP contribution in [0.2, 0.25) is 5.02 Å². The van der Waals surface area contributed by atoms with E-state index in [1.807, 2.05) is 36.4 Å². The highest BCUT2D eigenvalue weighted by molar-refractivity contribution is 14.1. The largest absolute Gasteiger partial charge is 0.487 e. The second kappa shape index (κ2) is 10.2. The summed E-state index contributed by atoms with van der Waals surface area (Å²) in [6.45, 7) is 0.365. The third kappa shape index (κ3) is 5.76. The average molecular weight is 635 g/mol. The molecule has 0 atom stereocenters. The maximum Gasteiger partial charge on any atom is 0.313 e. The van der Waals surface area contributed by atoms with Gasteiger partial charge in [0.05, 0.1) is 18.3 Å². The number of hydrazone groups is 1. The molecule has 1 N–H and O–H groups in total. The van der Waals surface area contributed by atoms with Crippen molar-refractivity contribution in [3.05, 3.63) is 88.1 Å². The first-order valence-corrected chi connectivity index (χ1v) is 10.7. The van der Waals surface area contributed by atoms with E-state index in [2.05, 4.69) is 60.7 Å². The third-order valence-electron chi connectivity index (χ3n) is 3.72. The van der Waals surface area contributed by atoms with E-state index >= 15 is 0 Å². The minimum Gasteiger partial charge on any atom is -0.487 e. The topological polar surface area (TPSA) is 89.7 Å². The molecule has 0 saturated carbocycles. The van der Waals surface area contributed by atoms with E-state index in [0.717, 1.165) is 24.0 Å². The Hall–Kier alpha value is -1.99. The highest BCUT2D eigenvalue weighted by Gasteiger charge is 2.13. The zero-order valence-corrected chi connectivity index (χ0v) is 19.8. The summed E-state index contributed by atoms with van der Waals surface area (Å²) in [5, 5.41) is 15.7. The van der Waals surface area contributed by atoms with Gasteiger partial charge in [0.1, 0.15) is 12.4 Å². The monoisotopic (exact) mass is 634 g/mol. The Balaban J connectivity index is 1.71. The van der Waals surface area contributed by atoms with Crippen LogP contribution < -0.4 is 10.2 Å². The van der Waals surface area contributed by atoms with Gasteiger partial charge in [-0.15, -0.1) is 0 Å². The summed E-state index contributed by atoms with van der Waals surface area (Å²) < 4.78 is 7.78. The summed E-state index contributed by atoms with van der Waals surface area (Å²) >= 11 is 10.6. The van der Waals surface area contributed by atoms with Gasteiger partial charge in [-0.05, 0) is 75.0 Å². The van der Waals surface area contributed by atoms with Gasteiger partial charge in [0.2, 0.25) is 5.82 Å². The third-order valence-corrected chi connectivity index (χ3v) is 5.69. The summed E-state index contributed by atoms with van der Waals surface area (Å²) in [6, 6.07) is 14.2. The van der Waals surface area contributed by atoms with Crippen molar-refractivity contribution in [2.24, 2.45) is 5.10 Å². The Bertz CT molecular complexity index is 1060. The van der Waals surface area contributed by atoms with Gasteiger partial charge in [0.25, 0.3) is 0 Å². The van der Waals surface area contributed by atoms with E-state index < -0.39 is 4.92 Å². The van der Waals surface area contributed by atoms with Crippen LogP contribution in [-0.4, -0.2) is 16.1 Å². The van der Waals surface area contributed by atoms with Crippen molar-refractivity contribution in [1.29, 1.82) is 0 Å². The standard InChI is InChI=1S/C19H13ClI2N4O3/c20-14-5-2-1-4-13(14)11-29-18-15(21)8-12(9-16(18)22)10-24-25-19-17(26(27)28)6-3-7-23-19/h1-10H,11H2,(H,23,25)/b24-10-. The van der Waals surface area contributed by atoms with Gasteiger partial charge in [0.15, 0.2) is 0 Å². The summed E-state index contributed by atoms with van der Waals surface area (Å²) in [5.41, 5.74) is 4.20. The number of hydrogen-bond acceptors (Lipinski definition) is 6. The van der Waals surface area contributed by atoms with E-state index in [1.165, 1.54) is 18.3 Å². The molecule has 0 saturated heterocycles. The number of pyridine rings is 1. The molecule has 0 aliphatic heterocycles. The number of hydrogen-bond donors (Lipinski definition) is 1. The fraction of sp³-hybridized carbons (Fsp3) is 0.0526. The van der Waals surface area contributed by atoms with Crippen molar-refractivity contribution in [1.82, 2.24) is 4.98 Å². The SMILES string of the molecule is O=[N+]([O-])c1cccnc1N/N=C\c1cc(I)c(OCc2ccccc2Cl)c(I)c1. The van der Waals surface area contributed by atoms with Crippen LogP contribution >= 0.6 is 56.8 Å². The number of benzene rings is 2. The minimum atomic E-state index is -0.512. The quantitative estimate of drug-likeness (QED) is 0.152. The lowest BCUT2D eigenvalue weighted by Gasteiger charge is -2.12. The second-order valence-corrected chi connectivity index (χ2v) is 8.42. The number of nitrogens with one attached hydrogen (secondary N) is 1. The molecule has 0 amide bonds. The lowest BCUT2D eigenvalue weighted by Crippen LogP contribution is -2.01. The van der Waals surface area contributed by atoms with Crippen molar-refractivity contribution in [2.45, 2.75) is 6.61 Å². The van der Waals surface area contributed by atoms with E-state index in [9.17, 15) is 10.1 Å². The number of nitro groups is 1. The fourth-order valence-electron chi connectivity index (χ4n) is 2.36. The molecular weight excluding hydrogens is 621 g/mol. The minimum absolute atomic E-state index is 0.0813. The first-order chi connectivity index (χ1) is 14.0. The maximum atomic E-state index is 11.0. The van der Waals surface area contributed by atoms with Gasteiger partial charge >= 0.3 is 5.69 Å². The van der Waals surface area contributed by atoms with Crippen LogP contribution in [0.25, 0.3) is 0 Å². The molecule has 29 heavy (non-hydrogen) atoms. The molecule has 1 aromatic heterocycles. The zero-order chi connectivity index (χ0) is 20.8. The van der Waals surface area contributed by atoms with Crippen LogP contribution in [0.5, 0.6) is 5.75 Å². The van der Waals surface area contributed by atoms with Gasteiger partial charge < -0.3 is 4.74 Å². The van der Waals surface area contributed by atoms with Crippen LogP contribution in [0.15, 0.2) is 59.8 Å².